The maximum atomic E-state index is 4.57. The van der Waals surface area contributed by atoms with Crippen LogP contribution >= 0.6 is 0 Å². The zero-order chi connectivity index (χ0) is 15.0. The molecule has 0 unspecified atom stereocenters. The van der Waals surface area contributed by atoms with Crippen molar-refractivity contribution in [3.05, 3.63) is 17.6 Å². The summed E-state index contributed by atoms with van der Waals surface area (Å²) in [5, 5.41) is 3.43. The van der Waals surface area contributed by atoms with E-state index >= 15 is 0 Å². The average Bonchev–Trinajstić information content (AvgIpc) is 2.36. The third-order valence-corrected chi connectivity index (χ3v) is 3.40. The number of hydrogen-bond acceptors (Lipinski definition) is 3. The van der Waals surface area contributed by atoms with E-state index in [1.165, 1.54) is 32.1 Å². The first-order chi connectivity index (χ1) is 9.49. The molecule has 0 aliphatic heterocycles. The lowest BCUT2D eigenvalue weighted by molar-refractivity contribution is 0.523. The van der Waals surface area contributed by atoms with E-state index in [9.17, 15) is 0 Å². The number of hydrogen-bond donors (Lipinski definition) is 1. The Kier molecular flexibility index (Phi) is 7.56. The Morgan fingerprint density at radius 1 is 1.00 bits per heavy atom. The summed E-state index contributed by atoms with van der Waals surface area (Å²) >= 11 is 0. The van der Waals surface area contributed by atoms with Gasteiger partial charge in [-0.05, 0) is 19.3 Å². The monoisotopic (exact) mass is 277 g/mol. The highest BCUT2D eigenvalue weighted by atomic mass is 15.0. The minimum Gasteiger partial charge on any atom is -0.370 e. The van der Waals surface area contributed by atoms with Gasteiger partial charge >= 0.3 is 0 Å². The topological polar surface area (TPSA) is 37.8 Å². The molecule has 0 saturated carbocycles. The van der Waals surface area contributed by atoms with Crippen LogP contribution in [0, 0.1) is 12.8 Å². The molecule has 0 spiro atoms. The van der Waals surface area contributed by atoms with E-state index in [0.717, 1.165) is 29.8 Å². The maximum absolute atomic E-state index is 4.57. The van der Waals surface area contributed by atoms with Crippen LogP contribution in [-0.2, 0) is 0 Å². The molecule has 0 aliphatic carbocycles. The van der Waals surface area contributed by atoms with Gasteiger partial charge in [0.25, 0.3) is 0 Å². The molecule has 0 amide bonds. The van der Waals surface area contributed by atoms with E-state index in [1.54, 1.807) is 0 Å². The molecular weight excluding hydrogens is 246 g/mol. The summed E-state index contributed by atoms with van der Waals surface area (Å²) in [5.74, 6) is 3.13. The lowest BCUT2D eigenvalue weighted by Crippen LogP contribution is -2.07. The molecule has 1 rings (SSSR count). The summed E-state index contributed by atoms with van der Waals surface area (Å²) < 4.78 is 0. The van der Waals surface area contributed by atoms with Crippen molar-refractivity contribution in [3.8, 4) is 0 Å². The van der Waals surface area contributed by atoms with Gasteiger partial charge in [-0.15, -0.1) is 0 Å². The molecular formula is C17H31N3. The Bertz CT molecular complexity index is 386. The van der Waals surface area contributed by atoms with Crippen LogP contribution < -0.4 is 5.32 Å². The fourth-order valence-corrected chi connectivity index (χ4v) is 2.19. The van der Waals surface area contributed by atoms with Gasteiger partial charge < -0.3 is 5.32 Å². The summed E-state index contributed by atoms with van der Waals surface area (Å²) in [6, 6.07) is 2.03. The Morgan fingerprint density at radius 3 is 2.35 bits per heavy atom. The summed E-state index contributed by atoms with van der Waals surface area (Å²) in [5.41, 5.74) is 1.04. The van der Waals surface area contributed by atoms with Crippen molar-refractivity contribution in [1.82, 2.24) is 9.97 Å². The van der Waals surface area contributed by atoms with Crippen LogP contribution in [0.15, 0.2) is 6.07 Å². The van der Waals surface area contributed by atoms with Crippen LogP contribution in [0.2, 0.25) is 0 Å². The van der Waals surface area contributed by atoms with Crippen LogP contribution in [-0.4, -0.2) is 16.5 Å². The van der Waals surface area contributed by atoms with E-state index < -0.39 is 0 Å². The van der Waals surface area contributed by atoms with Crippen LogP contribution in [0.25, 0.3) is 0 Å². The van der Waals surface area contributed by atoms with Gasteiger partial charge in [-0.3, -0.25) is 0 Å². The SMILES string of the molecule is Cc1cc(NCCCCCCC(C)C)nc(C(C)C)n1. The number of nitrogens with one attached hydrogen (secondary N) is 1. The molecule has 1 N–H and O–H groups in total. The Morgan fingerprint density at radius 2 is 1.70 bits per heavy atom. The highest BCUT2D eigenvalue weighted by Crippen LogP contribution is 2.14. The molecule has 0 atom stereocenters. The molecule has 3 nitrogen and oxygen atoms in total. The predicted octanol–water partition coefficient (Wildman–Crippen LogP) is 4.93. The Hall–Kier alpha value is -1.12. The second kappa shape index (κ2) is 8.93. The number of anilines is 1. The lowest BCUT2D eigenvalue weighted by atomic mass is 10.0. The molecule has 0 saturated heterocycles. The van der Waals surface area contributed by atoms with Crippen molar-refractivity contribution in [2.75, 3.05) is 11.9 Å². The third kappa shape index (κ3) is 6.88. The number of unbranched alkanes of at least 4 members (excludes halogenated alkanes) is 3. The van der Waals surface area contributed by atoms with E-state index in [4.69, 9.17) is 0 Å². The van der Waals surface area contributed by atoms with Crippen molar-refractivity contribution in [2.45, 2.75) is 72.6 Å². The fourth-order valence-electron chi connectivity index (χ4n) is 2.19. The van der Waals surface area contributed by atoms with Gasteiger partial charge in [0.1, 0.15) is 11.6 Å². The minimum absolute atomic E-state index is 0.381. The second-order valence-corrected chi connectivity index (χ2v) is 6.43. The molecule has 0 fully saturated rings. The van der Waals surface area contributed by atoms with E-state index in [2.05, 4.69) is 43.0 Å². The molecule has 1 aromatic heterocycles. The van der Waals surface area contributed by atoms with Crippen molar-refractivity contribution < 1.29 is 0 Å². The lowest BCUT2D eigenvalue weighted by Gasteiger charge is -2.10. The van der Waals surface area contributed by atoms with Crippen molar-refractivity contribution in [3.63, 3.8) is 0 Å². The summed E-state index contributed by atoms with van der Waals surface area (Å²) in [7, 11) is 0. The zero-order valence-corrected chi connectivity index (χ0v) is 13.9. The molecule has 3 heteroatoms. The van der Waals surface area contributed by atoms with E-state index in [0.29, 0.717) is 5.92 Å². The zero-order valence-electron chi connectivity index (χ0n) is 13.9. The Labute approximate surface area is 124 Å². The van der Waals surface area contributed by atoms with Crippen LogP contribution in [0.1, 0.15) is 77.2 Å². The number of rotatable bonds is 9. The number of aromatic nitrogens is 2. The number of nitrogens with zero attached hydrogens (tertiary/aromatic N) is 2. The standard InChI is InChI=1S/C17H31N3/c1-13(2)10-8-6-7-9-11-18-16-12-15(5)19-17(20-16)14(3)4/h12-14H,6-11H2,1-5H3,(H,18,19,20). The van der Waals surface area contributed by atoms with Gasteiger partial charge in [0, 0.05) is 24.2 Å². The van der Waals surface area contributed by atoms with Crippen LogP contribution in [0.5, 0.6) is 0 Å². The smallest absolute Gasteiger partial charge is 0.133 e. The minimum atomic E-state index is 0.381. The van der Waals surface area contributed by atoms with Gasteiger partial charge in [0.05, 0.1) is 0 Å². The molecule has 0 bridgehead atoms. The van der Waals surface area contributed by atoms with Crippen LogP contribution in [0.3, 0.4) is 0 Å². The van der Waals surface area contributed by atoms with Crippen molar-refractivity contribution in [2.24, 2.45) is 5.92 Å². The molecule has 0 radical (unpaired) electrons. The summed E-state index contributed by atoms with van der Waals surface area (Å²) in [6.07, 6.45) is 6.59. The summed E-state index contributed by atoms with van der Waals surface area (Å²) in [4.78, 5) is 9.04. The molecule has 114 valence electrons. The third-order valence-electron chi connectivity index (χ3n) is 3.40. The van der Waals surface area contributed by atoms with Gasteiger partial charge in [0.2, 0.25) is 0 Å². The first-order valence-corrected chi connectivity index (χ1v) is 8.08. The van der Waals surface area contributed by atoms with Gasteiger partial charge in [-0.1, -0.05) is 53.4 Å². The second-order valence-electron chi connectivity index (χ2n) is 6.43. The van der Waals surface area contributed by atoms with Gasteiger partial charge in [-0.25, -0.2) is 9.97 Å². The normalized spacial score (nSPS) is 11.3. The molecule has 1 heterocycles. The first kappa shape index (κ1) is 16.9. The van der Waals surface area contributed by atoms with E-state index in [-0.39, 0.29) is 0 Å². The quantitative estimate of drug-likeness (QED) is 0.650. The molecule has 20 heavy (non-hydrogen) atoms. The van der Waals surface area contributed by atoms with Crippen molar-refractivity contribution in [1.29, 1.82) is 0 Å². The highest BCUT2D eigenvalue weighted by Gasteiger charge is 2.05. The molecule has 1 aromatic rings. The van der Waals surface area contributed by atoms with Gasteiger partial charge in [-0.2, -0.15) is 0 Å². The Balaban J connectivity index is 2.25. The van der Waals surface area contributed by atoms with Crippen molar-refractivity contribution >= 4 is 5.82 Å². The summed E-state index contributed by atoms with van der Waals surface area (Å²) in [6.45, 7) is 11.9. The average molecular weight is 277 g/mol. The number of aryl methyl sites for hydroxylation is 1. The van der Waals surface area contributed by atoms with E-state index in [1.807, 2.05) is 13.0 Å². The van der Waals surface area contributed by atoms with Crippen LogP contribution in [0.4, 0.5) is 5.82 Å². The maximum Gasteiger partial charge on any atom is 0.133 e. The molecule has 0 aromatic carbocycles. The molecule has 0 aliphatic rings. The van der Waals surface area contributed by atoms with Gasteiger partial charge in [0.15, 0.2) is 0 Å². The fraction of sp³-hybridized carbons (Fsp3) is 0.765. The predicted molar refractivity (Wildman–Crippen MR) is 87.3 cm³/mol. The highest BCUT2D eigenvalue weighted by molar-refractivity contribution is 5.36. The first-order valence-electron chi connectivity index (χ1n) is 8.08. The largest absolute Gasteiger partial charge is 0.370 e.